The Morgan fingerprint density at radius 1 is 1.14 bits per heavy atom. The van der Waals surface area contributed by atoms with Crippen LogP contribution in [0.3, 0.4) is 0 Å². The maximum atomic E-state index is 16.8. The van der Waals surface area contributed by atoms with E-state index < -0.39 is 17.5 Å². The number of pyridine rings is 1. The third kappa shape index (κ3) is 5.94. The number of halogens is 3. The Labute approximate surface area is 287 Å². The first-order valence-electron chi connectivity index (χ1n) is 16.7. The maximum absolute atomic E-state index is 16.8. The summed E-state index contributed by atoms with van der Waals surface area (Å²) in [7, 11) is 6.04. The summed E-state index contributed by atoms with van der Waals surface area (Å²) in [5.41, 5.74) is 5.39. The molecule has 0 amide bonds. The van der Waals surface area contributed by atoms with Crippen molar-refractivity contribution in [2.45, 2.75) is 63.6 Å². The lowest BCUT2D eigenvalue weighted by Crippen LogP contribution is -2.56. The minimum Gasteiger partial charge on any atom is -0.463 e. The van der Waals surface area contributed by atoms with Crippen LogP contribution in [0.2, 0.25) is 0 Å². The molecule has 7 rings (SSSR count). The third-order valence-electron chi connectivity index (χ3n) is 10.8. The van der Waals surface area contributed by atoms with Crippen LogP contribution in [0.1, 0.15) is 51.5 Å². The second kappa shape index (κ2) is 12.5. The van der Waals surface area contributed by atoms with E-state index in [1.807, 2.05) is 18.0 Å². The molecule has 14 heteroatoms. The Hall–Kier alpha value is -3.77. The van der Waals surface area contributed by atoms with Gasteiger partial charge in [0.05, 0.1) is 35.0 Å². The van der Waals surface area contributed by atoms with E-state index >= 15 is 4.39 Å². The number of benzene rings is 1. The number of hydrogen-bond donors (Lipinski definition) is 1. The standard InChI is InChI=1S/C35H41F3N8O2S/c1-19-15-47-20(2)14-46(19)16-34(9-10-34)18-48-33-42-29-23(32(43-33)45(5)17-35(44(3)4)7-6-8-35)13-41-28(27(29)38)21-11-24(36)26(37)30-25(21)22(12-39)31(40)49-30/h11,13,19-20H,6-10,14-18,40H2,1-5H3/t19-,20+/m0/s1. The molecule has 2 aliphatic carbocycles. The fraction of sp³-hybridized carbons (Fsp3) is 0.543. The van der Waals surface area contributed by atoms with Crippen LogP contribution < -0.4 is 15.4 Å². The number of nitrogen functional groups attached to an aromatic ring is 1. The molecule has 2 N–H and O–H groups in total. The zero-order valence-corrected chi connectivity index (χ0v) is 29.3. The highest BCUT2D eigenvalue weighted by molar-refractivity contribution is 7.23. The second-order valence-corrected chi connectivity index (χ2v) is 15.5. The topological polar surface area (TPSA) is 117 Å². The Morgan fingerprint density at radius 2 is 1.90 bits per heavy atom. The molecule has 2 atom stereocenters. The lowest BCUT2D eigenvalue weighted by atomic mass is 9.75. The molecule has 49 heavy (non-hydrogen) atoms. The Kier molecular flexibility index (Phi) is 8.62. The molecule has 10 nitrogen and oxygen atoms in total. The molecule has 4 heterocycles. The van der Waals surface area contributed by atoms with E-state index in [0.29, 0.717) is 37.0 Å². The Bertz CT molecular complexity index is 1970. The van der Waals surface area contributed by atoms with Gasteiger partial charge in [-0.1, -0.05) is 0 Å². The molecule has 3 aliphatic rings. The molecule has 260 valence electrons. The summed E-state index contributed by atoms with van der Waals surface area (Å²) in [5, 5.41) is 10.2. The van der Waals surface area contributed by atoms with Crippen LogP contribution in [-0.4, -0.2) is 96.4 Å². The summed E-state index contributed by atoms with van der Waals surface area (Å²) in [6, 6.07) is 3.14. The van der Waals surface area contributed by atoms with Gasteiger partial charge < -0.3 is 25.0 Å². The Balaban J connectivity index is 1.30. The Morgan fingerprint density at radius 3 is 2.55 bits per heavy atom. The van der Waals surface area contributed by atoms with Crippen molar-refractivity contribution in [1.82, 2.24) is 24.8 Å². The smallest absolute Gasteiger partial charge is 0.319 e. The van der Waals surface area contributed by atoms with Crippen molar-refractivity contribution in [2.24, 2.45) is 5.41 Å². The largest absolute Gasteiger partial charge is 0.463 e. The van der Waals surface area contributed by atoms with Crippen LogP contribution in [0, 0.1) is 34.2 Å². The van der Waals surface area contributed by atoms with Gasteiger partial charge in [-0.15, -0.1) is 11.3 Å². The van der Waals surface area contributed by atoms with Gasteiger partial charge in [0.1, 0.15) is 28.1 Å². The van der Waals surface area contributed by atoms with Crippen molar-refractivity contribution in [1.29, 1.82) is 5.26 Å². The number of ether oxygens (including phenoxy) is 2. The normalized spacial score (nSPS) is 21.6. The average molecular weight is 695 g/mol. The van der Waals surface area contributed by atoms with E-state index in [1.54, 1.807) is 0 Å². The molecule has 1 aliphatic heterocycles. The molecule has 4 aromatic rings. The molecular formula is C35H41F3N8O2S. The molecule has 1 aromatic carbocycles. The first kappa shape index (κ1) is 33.7. The predicted molar refractivity (Wildman–Crippen MR) is 184 cm³/mol. The molecule has 0 unspecified atom stereocenters. The van der Waals surface area contributed by atoms with Crippen LogP contribution in [0.5, 0.6) is 6.01 Å². The molecular weight excluding hydrogens is 654 g/mol. The van der Waals surface area contributed by atoms with Gasteiger partial charge in [0.25, 0.3) is 0 Å². The van der Waals surface area contributed by atoms with Crippen molar-refractivity contribution in [2.75, 3.05) is 64.6 Å². The van der Waals surface area contributed by atoms with Crippen molar-refractivity contribution >= 4 is 43.1 Å². The van der Waals surface area contributed by atoms with Gasteiger partial charge >= 0.3 is 6.01 Å². The van der Waals surface area contributed by atoms with Gasteiger partial charge in [-0.25, -0.2) is 13.2 Å². The summed E-state index contributed by atoms with van der Waals surface area (Å²) >= 11 is 0.737. The van der Waals surface area contributed by atoms with E-state index in [2.05, 4.69) is 47.7 Å². The number of likely N-dealkylation sites (N-methyl/N-ethyl adjacent to an activating group) is 2. The summed E-state index contributed by atoms with van der Waals surface area (Å²) in [5.74, 6) is -2.75. The van der Waals surface area contributed by atoms with Gasteiger partial charge in [-0.05, 0) is 66.1 Å². The summed E-state index contributed by atoms with van der Waals surface area (Å²) < 4.78 is 58.6. The van der Waals surface area contributed by atoms with Gasteiger partial charge in [-0.2, -0.15) is 15.2 Å². The van der Waals surface area contributed by atoms with Gasteiger partial charge in [0.2, 0.25) is 0 Å². The molecule has 2 saturated carbocycles. The van der Waals surface area contributed by atoms with Crippen molar-refractivity contribution in [3.63, 3.8) is 0 Å². The molecule has 3 fully saturated rings. The van der Waals surface area contributed by atoms with Gasteiger partial charge in [-0.3, -0.25) is 9.88 Å². The number of rotatable bonds is 10. The lowest BCUT2D eigenvalue weighted by Gasteiger charge is -2.49. The van der Waals surface area contributed by atoms with Crippen LogP contribution in [-0.2, 0) is 4.74 Å². The second-order valence-electron chi connectivity index (χ2n) is 14.4. The first-order chi connectivity index (χ1) is 23.3. The number of nitrogens with zero attached hydrogens (tertiary/aromatic N) is 7. The van der Waals surface area contributed by atoms with Crippen LogP contribution in [0.4, 0.5) is 24.0 Å². The number of thiophene rings is 1. The number of morpholine rings is 1. The van der Waals surface area contributed by atoms with Crippen molar-refractivity contribution in [3.8, 4) is 23.3 Å². The van der Waals surface area contributed by atoms with Gasteiger partial charge in [0, 0.05) is 60.8 Å². The van der Waals surface area contributed by atoms with E-state index in [-0.39, 0.29) is 60.5 Å². The zero-order chi connectivity index (χ0) is 34.8. The molecule has 0 radical (unpaired) electrons. The molecule has 1 saturated heterocycles. The highest BCUT2D eigenvalue weighted by atomic mass is 32.1. The van der Waals surface area contributed by atoms with E-state index in [9.17, 15) is 14.0 Å². The average Bonchev–Trinajstić information content (AvgIpc) is 3.73. The summed E-state index contributed by atoms with van der Waals surface area (Å²) in [4.78, 5) is 20.5. The SMILES string of the molecule is C[C@@H]1CN(CC2(COc3nc(N(C)CC4(N(C)C)CCC4)c4cnc(-c5cc(F)c(F)c6sc(N)c(C#N)c56)c(F)c4n3)CC2)[C@@H](C)CO1. The van der Waals surface area contributed by atoms with Crippen molar-refractivity contribution < 1.29 is 22.6 Å². The number of anilines is 2. The van der Waals surface area contributed by atoms with Crippen LogP contribution in [0.15, 0.2) is 12.3 Å². The first-order valence-corrected chi connectivity index (χ1v) is 17.5. The van der Waals surface area contributed by atoms with Crippen LogP contribution >= 0.6 is 11.3 Å². The maximum Gasteiger partial charge on any atom is 0.319 e. The van der Waals surface area contributed by atoms with E-state index in [4.69, 9.17) is 20.2 Å². The monoisotopic (exact) mass is 694 g/mol. The molecule has 3 aromatic heterocycles. The summed E-state index contributed by atoms with van der Waals surface area (Å²) in [6.45, 7) is 7.63. The van der Waals surface area contributed by atoms with Crippen molar-refractivity contribution in [3.05, 3.63) is 35.3 Å². The number of hydrogen-bond acceptors (Lipinski definition) is 11. The number of nitrogens with two attached hydrogens (primary N) is 1. The predicted octanol–water partition coefficient (Wildman–Crippen LogP) is 5.97. The number of aromatic nitrogens is 3. The highest BCUT2D eigenvalue weighted by Gasteiger charge is 2.46. The highest BCUT2D eigenvalue weighted by Crippen LogP contribution is 2.48. The van der Waals surface area contributed by atoms with E-state index in [1.165, 1.54) is 6.20 Å². The van der Waals surface area contributed by atoms with Gasteiger partial charge in [0.15, 0.2) is 17.5 Å². The quantitative estimate of drug-likeness (QED) is 0.213. The number of fused-ring (bicyclic) bond motifs is 2. The zero-order valence-electron chi connectivity index (χ0n) is 28.4. The minimum atomic E-state index is -1.20. The van der Waals surface area contributed by atoms with E-state index in [0.717, 1.165) is 62.6 Å². The fourth-order valence-corrected chi connectivity index (χ4v) is 8.28. The molecule has 0 bridgehead atoms. The minimum absolute atomic E-state index is 0.00659. The fourth-order valence-electron chi connectivity index (χ4n) is 7.31. The lowest BCUT2D eigenvalue weighted by molar-refractivity contribution is -0.0580. The molecule has 0 spiro atoms. The van der Waals surface area contributed by atoms with Crippen LogP contribution in [0.25, 0.3) is 32.2 Å². The number of nitriles is 1. The third-order valence-corrected chi connectivity index (χ3v) is 11.8. The summed E-state index contributed by atoms with van der Waals surface area (Å²) in [6.07, 6.45) is 6.76.